The number of fused-ring (bicyclic) bond motifs is 1. The summed E-state index contributed by atoms with van der Waals surface area (Å²) in [6.45, 7) is 1.76. The van der Waals surface area contributed by atoms with Crippen molar-refractivity contribution in [2.45, 2.75) is 12.8 Å². The van der Waals surface area contributed by atoms with Gasteiger partial charge >= 0.3 is 5.97 Å². The van der Waals surface area contributed by atoms with Crippen LogP contribution in [0.25, 0.3) is 5.69 Å². The third-order valence-corrected chi connectivity index (χ3v) is 5.11. The highest BCUT2D eigenvalue weighted by Gasteiger charge is 2.36. The van der Waals surface area contributed by atoms with E-state index in [0.717, 1.165) is 0 Å². The van der Waals surface area contributed by atoms with Crippen LogP contribution in [-0.2, 0) is 0 Å². The number of aryl methyl sites for hydroxylation is 1. The van der Waals surface area contributed by atoms with Gasteiger partial charge in [-0.2, -0.15) is 10.4 Å². The number of aromatic carboxylic acids is 1. The van der Waals surface area contributed by atoms with Crippen molar-refractivity contribution in [3.63, 3.8) is 0 Å². The Hall–Kier alpha value is -4.45. The molecule has 2 aromatic carbocycles. The number of nitrogens with two attached hydrogens (primary N) is 1. The molecule has 4 N–H and O–H groups in total. The Morgan fingerprint density at radius 2 is 2.10 bits per heavy atom. The zero-order valence-electron chi connectivity index (χ0n) is 16.7. The standard InChI is InChI=1S/C22H18N4O5/c1-11-18-19(12-6-7-16(27)17(9-12)30-2)15(10-23)20(24)31-21(18)26(25-11)14-5-3-4-13(8-14)22(28)29/h3-9,19,27H,24H2,1-2H3,(H,28,29). The Balaban J connectivity index is 1.94. The summed E-state index contributed by atoms with van der Waals surface area (Å²) in [6, 6.07) is 13.1. The van der Waals surface area contributed by atoms with E-state index in [1.165, 1.54) is 30.0 Å². The molecule has 9 heteroatoms. The number of rotatable bonds is 4. The first-order valence-electron chi connectivity index (χ1n) is 9.23. The van der Waals surface area contributed by atoms with Crippen LogP contribution in [0.5, 0.6) is 17.4 Å². The van der Waals surface area contributed by atoms with Crippen LogP contribution in [0.3, 0.4) is 0 Å². The summed E-state index contributed by atoms with van der Waals surface area (Å²) in [4.78, 5) is 11.4. The molecule has 1 atom stereocenters. The highest BCUT2D eigenvalue weighted by Crippen LogP contribution is 2.46. The molecule has 1 aromatic heterocycles. The lowest BCUT2D eigenvalue weighted by Gasteiger charge is -2.25. The molecule has 1 aliphatic heterocycles. The van der Waals surface area contributed by atoms with Crippen molar-refractivity contribution in [1.29, 1.82) is 5.26 Å². The molecule has 3 aromatic rings. The Labute approximate surface area is 177 Å². The van der Waals surface area contributed by atoms with E-state index in [-0.39, 0.29) is 34.4 Å². The zero-order valence-corrected chi connectivity index (χ0v) is 16.7. The number of carboxylic acids is 1. The third kappa shape index (κ3) is 3.20. The molecule has 4 rings (SSSR count). The number of phenols is 1. The van der Waals surface area contributed by atoms with Crippen molar-refractivity contribution in [2.24, 2.45) is 5.73 Å². The lowest BCUT2D eigenvalue weighted by atomic mass is 9.84. The highest BCUT2D eigenvalue weighted by molar-refractivity contribution is 5.88. The summed E-state index contributed by atoms with van der Waals surface area (Å²) >= 11 is 0. The number of nitriles is 1. The molecule has 0 spiro atoms. The van der Waals surface area contributed by atoms with Gasteiger partial charge in [-0.15, -0.1) is 0 Å². The Kier molecular flexibility index (Phi) is 4.75. The molecule has 0 amide bonds. The van der Waals surface area contributed by atoms with Crippen molar-refractivity contribution in [3.8, 4) is 29.1 Å². The van der Waals surface area contributed by atoms with Crippen LogP contribution < -0.4 is 15.2 Å². The van der Waals surface area contributed by atoms with Gasteiger partial charge in [0.05, 0.1) is 35.5 Å². The van der Waals surface area contributed by atoms with Crippen molar-refractivity contribution >= 4 is 5.97 Å². The number of ether oxygens (including phenoxy) is 2. The third-order valence-electron chi connectivity index (χ3n) is 5.11. The molecule has 31 heavy (non-hydrogen) atoms. The van der Waals surface area contributed by atoms with Gasteiger partial charge in [0.1, 0.15) is 11.6 Å². The number of hydrogen-bond acceptors (Lipinski definition) is 7. The van der Waals surface area contributed by atoms with Crippen LogP contribution >= 0.6 is 0 Å². The van der Waals surface area contributed by atoms with Gasteiger partial charge in [0.15, 0.2) is 11.5 Å². The van der Waals surface area contributed by atoms with E-state index in [2.05, 4.69) is 11.2 Å². The van der Waals surface area contributed by atoms with Gasteiger partial charge < -0.3 is 25.4 Å². The summed E-state index contributed by atoms with van der Waals surface area (Å²) in [5, 5.41) is 33.6. The minimum Gasteiger partial charge on any atom is -0.504 e. The fraction of sp³-hybridized carbons (Fsp3) is 0.136. The number of carboxylic acid groups (broad SMARTS) is 1. The molecule has 1 aliphatic rings. The molecular weight excluding hydrogens is 400 g/mol. The fourth-order valence-corrected chi connectivity index (χ4v) is 3.67. The van der Waals surface area contributed by atoms with E-state index in [1.807, 2.05) is 0 Å². The van der Waals surface area contributed by atoms with Crippen LogP contribution in [0.1, 0.15) is 33.1 Å². The van der Waals surface area contributed by atoms with Gasteiger partial charge in [-0.25, -0.2) is 9.48 Å². The van der Waals surface area contributed by atoms with Crippen molar-refractivity contribution in [3.05, 3.63) is 76.3 Å². The molecule has 0 saturated heterocycles. The zero-order chi connectivity index (χ0) is 22.3. The maximum atomic E-state index is 11.4. The van der Waals surface area contributed by atoms with Gasteiger partial charge in [-0.1, -0.05) is 12.1 Å². The molecule has 2 heterocycles. The molecule has 9 nitrogen and oxygen atoms in total. The second kappa shape index (κ2) is 7.42. The van der Waals surface area contributed by atoms with E-state index in [4.69, 9.17) is 15.2 Å². The highest BCUT2D eigenvalue weighted by atomic mass is 16.5. The fourth-order valence-electron chi connectivity index (χ4n) is 3.67. The minimum atomic E-state index is -1.07. The van der Waals surface area contributed by atoms with E-state index in [9.17, 15) is 20.3 Å². The Morgan fingerprint density at radius 1 is 1.32 bits per heavy atom. The number of aromatic nitrogens is 2. The molecule has 0 radical (unpaired) electrons. The minimum absolute atomic E-state index is 0.0353. The van der Waals surface area contributed by atoms with E-state index in [1.54, 1.807) is 31.2 Å². The summed E-state index contributed by atoms with van der Waals surface area (Å²) in [5.41, 5.74) is 8.69. The first kappa shape index (κ1) is 19.8. The predicted octanol–water partition coefficient (Wildman–Crippen LogP) is 2.81. The van der Waals surface area contributed by atoms with Gasteiger partial charge in [-0.3, -0.25) is 0 Å². The van der Waals surface area contributed by atoms with Gasteiger partial charge in [0, 0.05) is 0 Å². The van der Waals surface area contributed by atoms with Crippen LogP contribution in [0.4, 0.5) is 0 Å². The van der Waals surface area contributed by atoms with Gasteiger partial charge in [0.25, 0.3) is 0 Å². The van der Waals surface area contributed by atoms with Crippen LogP contribution in [-0.4, -0.2) is 33.1 Å². The topological polar surface area (TPSA) is 144 Å². The molecule has 0 saturated carbocycles. The van der Waals surface area contributed by atoms with Crippen molar-refractivity contribution in [1.82, 2.24) is 9.78 Å². The Bertz CT molecular complexity index is 1290. The maximum Gasteiger partial charge on any atom is 0.335 e. The molecule has 0 bridgehead atoms. The number of aromatic hydroxyl groups is 1. The average Bonchev–Trinajstić information content (AvgIpc) is 3.09. The van der Waals surface area contributed by atoms with E-state index < -0.39 is 11.9 Å². The number of phenolic OH excluding ortho intramolecular Hbond substituents is 1. The Morgan fingerprint density at radius 3 is 2.77 bits per heavy atom. The van der Waals surface area contributed by atoms with Crippen molar-refractivity contribution < 1.29 is 24.5 Å². The number of benzene rings is 2. The first-order valence-corrected chi connectivity index (χ1v) is 9.23. The molecule has 1 unspecified atom stereocenters. The number of allylic oxidation sites excluding steroid dienone is 1. The number of hydrogen-bond donors (Lipinski definition) is 3. The van der Waals surface area contributed by atoms with Gasteiger partial charge in [-0.05, 0) is 42.8 Å². The van der Waals surface area contributed by atoms with Crippen LogP contribution in [0.2, 0.25) is 0 Å². The monoisotopic (exact) mass is 418 g/mol. The van der Waals surface area contributed by atoms with Crippen LogP contribution in [0.15, 0.2) is 53.9 Å². The smallest absolute Gasteiger partial charge is 0.335 e. The largest absolute Gasteiger partial charge is 0.504 e. The quantitative estimate of drug-likeness (QED) is 0.587. The average molecular weight is 418 g/mol. The molecule has 0 aliphatic carbocycles. The lowest BCUT2D eigenvalue weighted by molar-refractivity contribution is 0.0697. The normalized spacial score (nSPS) is 15.1. The lowest BCUT2D eigenvalue weighted by Crippen LogP contribution is -2.22. The van der Waals surface area contributed by atoms with E-state index in [0.29, 0.717) is 22.5 Å². The molecule has 0 fully saturated rings. The summed E-state index contributed by atoms with van der Waals surface area (Å²) in [5.74, 6) is -1.26. The number of nitrogens with zero attached hydrogens (tertiary/aromatic N) is 3. The second-order valence-electron chi connectivity index (χ2n) is 6.93. The number of carbonyl (C=O) groups is 1. The summed E-state index contributed by atoms with van der Waals surface area (Å²) in [6.07, 6.45) is 0. The van der Waals surface area contributed by atoms with E-state index >= 15 is 0 Å². The first-order chi connectivity index (χ1) is 14.8. The maximum absolute atomic E-state index is 11.4. The summed E-state index contributed by atoms with van der Waals surface area (Å²) in [7, 11) is 1.43. The van der Waals surface area contributed by atoms with Crippen LogP contribution in [0, 0.1) is 18.3 Å². The summed E-state index contributed by atoms with van der Waals surface area (Å²) < 4.78 is 12.5. The van der Waals surface area contributed by atoms with Crippen molar-refractivity contribution in [2.75, 3.05) is 7.11 Å². The SMILES string of the molecule is COc1cc(C2C(C#N)=C(N)Oc3c2c(C)nn3-c2cccc(C(=O)O)c2)ccc1O. The molecular formula is C22H18N4O5. The second-order valence-corrected chi connectivity index (χ2v) is 6.93. The number of methoxy groups -OCH3 is 1. The molecule has 156 valence electrons. The predicted molar refractivity (Wildman–Crippen MR) is 109 cm³/mol. The van der Waals surface area contributed by atoms with Gasteiger partial charge in [0.2, 0.25) is 11.8 Å².